The van der Waals surface area contributed by atoms with Crippen LogP contribution in [0.2, 0.25) is 0 Å². The Labute approximate surface area is 109 Å². The van der Waals surface area contributed by atoms with Crippen LogP contribution in [0.4, 0.5) is 10.1 Å². The highest BCUT2D eigenvalue weighted by Crippen LogP contribution is 2.16. The lowest BCUT2D eigenvalue weighted by Gasteiger charge is -2.14. The quantitative estimate of drug-likeness (QED) is 0.707. The van der Waals surface area contributed by atoms with Gasteiger partial charge in [0, 0.05) is 6.61 Å². The fraction of sp³-hybridized carbons (Fsp3) is 0.600. The minimum atomic E-state index is -0.367. The van der Waals surface area contributed by atoms with Crippen LogP contribution in [0.1, 0.15) is 45.1 Å². The van der Waals surface area contributed by atoms with Crippen LogP contribution in [0, 0.1) is 11.7 Å². The van der Waals surface area contributed by atoms with Gasteiger partial charge in [0.1, 0.15) is 5.82 Å². The van der Waals surface area contributed by atoms with Gasteiger partial charge in [-0.1, -0.05) is 39.2 Å². The number of rotatable bonds is 8. The fourth-order valence-corrected chi connectivity index (χ4v) is 1.90. The third-order valence-corrected chi connectivity index (χ3v) is 3.23. The molecule has 1 aromatic carbocycles. The molecule has 0 bridgehead atoms. The molecule has 2 N–H and O–H groups in total. The summed E-state index contributed by atoms with van der Waals surface area (Å²) in [5.41, 5.74) is 6.45. The number of unbranched alkanes of at least 4 members (excludes halogenated alkanes) is 1. The first-order chi connectivity index (χ1) is 8.67. The van der Waals surface area contributed by atoms with E-state index in [-0.39, 0.29) is 11.5 Å². The van der Waals surface area contributed by atoms with Crippen LogP contribution < -0.4 is 5.73 Å². The van der Waals surface area contributed by atoms with Gasteiger partial charge in [0.25, 0.3) is 0 Å². The molecular formula is C15H24FNO. The number of hydrogen-bond donors (Lipinski definition) is 1. The Bertz CT molecular complexity index is 354. The van der Waals surface area contributed by atoms with E-state index in [1.54, 1.807) is 6.07 Å². The summed E-state index contributed by atoms with van der Waals surface area (Å²) in [6.07, 6.45) is 4.82. The molecule has 0 saturated heterocycles. The first-order valence-electron chi connectivity index (χ1n) is 6.79. The summed E-state index contributed by atoms with van der Waals surface area (Å²) in [4.78, 5) is 0. The van der Waals surface area contributed by atoms with E-state index in [4.69, 9.17) is 10.5 Å². The van der Waals surface area contributed by atoms with Gasteiger partial charge in [-0.15, -0.1) is 0 Å². The van der Waals surface area contributed by atoms with E-state index in [0.29, 0.717) is 12.5 Å². The lowest BCUT2D eigenvalue weighted by atomic mass is 10.0. The zero-order valence-corrected chi connectivity index (χ0v) is 11.4. The number of ether oxygens (including phenoxy) is 1. The van der Waals surface area contributed by atoms with E-state index in [1.165, 1.54) is 25.3 Å². The molecule has 0 spiro atoms. The zero-order valence-electron chi connectivity index (χ0n) is 11.4. The van der Waals surface area contributed by atoms with Gasteiger partial charge in [-0.3, -0.25) is 0 Å². The first kappa shape index (κ1) is 15.0. The van der Waals surface area contributed by atoms with Crippen molar-refractivity contribution in [1.29, 1.82) is 0 Å². The molecule has 0 aliphatic carbocycles. The van der Waals surface area contributed by atoms with Crippen LogP contribution in [-0.2, 0) is 11.3 Å². The summed E-state index contributed by atoms with van der Waals surface area (Å²) in [5, 5.41) is 0. The van der Waals surface area contributed by atoms with Crippen molar-refractivity contribution in [3.8, 4) is 0 Å². The molecule has 1 aromatic rings. The third-order valence-electron chi connectivity index (χ3n) is 3.23. The molecule has 0 aliphatic heterocycles. The number of halogens is 1. The molecule has 2 nitrogen and oxygen atoms in total. The lowest BCUT2D eigenvalue weighted by Crippen LogP contribution is -2.09. The van der Waals surface area contributed by atoms with Crippen molar-refractivity contribution in [2.45, 2.75) is 46.1 Å². The topological polar surface area (TPSA) is 35.2 Å². The Morgan fingerprint density at radius 1 is 1.33 bits per heavy atom. The van der Waals surface area contributed by atoms with Gasteiger partial charge in [0.2, 0.25) is 0 Å². The maximum absolute atomic E-state index is 13.2. The van der Waals surface area contributed by atoms with Gasteiger partial charge in [0.05, 0.1) is 12.3 Å². The number of benzene rings is 1. The number of anilines is 1. The van der Waals surface area contributed by atoms with Crippen LogP contribution in [0.25, 0.3) is 0 Å². The van der Waals surface area contributed by atoms with Crippen molar-refractivity contribution in [3.63, 3.8) is 0 Å². The van der Waals surface area contributed by atoms with Crippen LogP contribution >= 0.6 is 0 Å². The Kier molecular flexibility index (Phi) is 6.73. The van der Waals surface area contributed by atoms with Gasteiger partial charge >= 0.3 is 0 Å². The molecule has 0 radical (unpaired) electrons. The van der Waals surface area contributed by atoms with Gasteiger partial charge in [0.15, 0.2) is 0 Å². The standard InChI is InChI=1S/C15H24FNO/c1-3-5-6-12(4-2)10-18-11-13-7-8-15(17)14(16)9-13/h7-9,12H,3-6,10-11,17H2,1-2H3. The number of nitrogen functional groups attached to an aromatic ring is 1. The highest BCUT2D eigenvalue weighted by atomic mass is 19.1. The van der Waals surface area contributed by atoms with E-state index < -0.39 is 0 Å². The summed E-state index contributed by atoms with van der Waals surface area (Å²) in [5.74, 6) is 0.248. The SMILES string of the molecule is CCCCC(CC)COCc1ccc(N)c(F)c1. The van der Waals surface area contributed by atoms with Crippen molar-refractivity contribution in [2.75, 3.05) is 12.3 Å². The lowest BCUT2D eigenvalue weighted by molar-refractivity contribution is 0.0818. The Hall–Kier alpha value is -1.09. The minimum absolute atomic E-state index is 0.188. The van der Waals surface area contributed by atoms with E-state index >= 15 is 0 Å². The second kappa shape index (κ2) is 8.09. The summed E-state index contributed by atoms with van der Waals surface area (Å²) in [6, 6.07) is 4.84. The molecular weight excluding hydrogens is 229 g/mol. The molecule has 1 unspecified atom stereocenters. The highest BCUT2D eigenvalue weighted by Gasteiger charge is 2.06. The second-order valence-corrected chi connectivity index (χ2v) is 4.79. The molecule has 18 heavy (non-hydrogen) atoms. The Morgan fingerprint density at radius 2 is 2.11 bits per heavy atom. The average molecular weight is 253 g/mol. The molecule has 0 heterocycles. The monoisotopic (exact) mass is 253 g/mol. The van der Waals surface area contributed by atoms with E-state index in [2.05, 4.69) is 13.8 Å². The Morgan fingerprint density at radius 3 is 2.72 bits per heavy atom. The van der Waals surface area contributed by atoms with Gasteiger partial charge in [-0.2, -0.15) is 0 Å². The van der Waals surface area contributed by atoms with Crippen molar-refractivity contribution in [1.82, 2.24) is 0 Å². The second-order valence-electron chi connectivity index (χ2n) is 4.79. The molecule has 0 aromatic heterocycles. The Balaban J connectivity index is 2.33. The summed E-state index contributed by atoms with van der Waals surface area (Å²) in [7, 11) is 0. The summed E-state index contributed by atoms with van der Waals surface area (Å²) in [6.45, 7) is 5.60. The van der Waals surface area contributed by atoms with Gasteiger partial charge in [-0.05, 0) is 30.0 Å². The molecule has 0 fully saturated rings. The molecule has 0 aliphatic rings. The maximum atomic E-state index is 13.2. The molecule has 0 amide bonds. The number of nitrogens with two attached hydrogens (primary N) is 1. The van der Waals surface area contributed by atoms with Crippen molar-refractivity contribution in [3.05, 3.63) is 29.6 Å². The fourth-order valence-electron chi connectivity index (χ4n) is 1.90. The van der Waals surface area contributed by atoms with E-state index in [9.17, 15) is 4.39 Å². The van der Waals surface area contributed by atoms with Crippen LogP contribution in [0.15, 0.2) is 18.2 Å². The predicted octanol–water partition coefficient (Wildman–Crippen LogP) is 4.14. The third kappa shape index (κ3) is 5.05. The molecule has 1 rings (SSSR count). The average Bonchev–Trinajstić information content (AvgIpc) is 2.37. The smallest absolute Gasteiger partial charge is 0.146 e. The van der Waals surface area contributed by atoms with E-state index in [0.717, 1.165) is 18.6 Å². The summed E-state index contributed by atoms with van der Waals surface area (Å²) < 4.78 is 18.9. The molecule has 0 saturated carbocycles. The van der Waals surface area contributed by atoms with Gasteiger partial charge < -0.3 is 10.5 Å². The summed E-state index contributed by atoms with van der Waals surface area (Å²) >= 11 is 0. The van der Waals surface area contributed by atoms with Crippen LogP contribution in [-0.4, -0.2) is 6.61 Å². The van der Waals surface area contributed by atoms with E-state index in [1.807, 2.05) is 6.07 Å². The van der Waals surface area contributed by atoms with Gasteiger partial charge in [-0.25, -0.2) is 4.39 Å². The zero-order chi connectivity index (χ0) is 13.4. The number of hydrogen-bond acceptors (Lipinski definition) is 2. The molecule has 3 heteroatoms. The van der Waals surface area contributed by atoms with Crippen molar-refractivity contribution in [2.24, 2.45) is 5.92 Å². The highest BCUT2D eigenvalue weighted by molar-refractivity contribution is 5.41. The van der Waals surface area contributed by atoms with Crippen LogP contribution in [0.5, 0.6) is 0 Å². The molecule has 102 valence electrons. The maximum Gasteiger partial charge on any atom is 0.146 e. The van der Waals surface area contributed by atoms with Crippen LogP contribution in [0.3, 0.4) is 0 Å². The largest absolute Gasteiger partial charge is 0.396 e. The first-order valence-corrected chi connectivity index (χ1v) is 6.79. The predicted molar refractivity (Wildman–Crippen MR) is 73.8 cm³/mol. The van der Waals surface area contributed by atoms with Crippen molar-refractivity contribution >= 4 is 5.69 Å². The normalized spacial score (nSPS) is 12.6. The molecule has 1 atom stereocenters. The van der Waals surface area contributed by atoms with Crippen molar-refractivity contribution < 1.29 is 9.13 Å². The minimum Gasteiger partial charge on any atom is -0.396 e.